The molecule has 1 aromatic heterocycles. The molecule has 0 saturated carbocycles. The third kappa shape index (κ3) is 3.99. The van der Waals surface area contributed by atoms with Crippen molar-refractivity contribution in [1.82, 2.24) is 9.78 Å². The van der Waals surface area contributed by atoms with E-state index >= 15 is 0 Å². The molecule has 0 bridgehead atoms. The van der Waals surface area contributed by atoms with Gasteiger partial charge >= 0.3 is 6.61 Å². The van der Waals surface area contributed by atoms with Gasteiger partial charge in [-0.1, -0.05) is 45.0 Å². The second-order valence-corrected chi connectivity index (χ2v) is 8.49. The number of ether oxygens (including phenoxy) is 2. The Kier molecular flexibility index (Phi) is 5.30. The zero-order valence-electron chi connectivity index (χ0n) is 17.0. The van der Waals surface area contributed by atoms with E-state index in [1.807, 2.05) is 36.4 Å². The molecule has 1 saturated heterocycles. The quantitative estimate of drug-likeness (QED) is 0.515. The molecule has 0 N–H and O–H groups in total. The summed E-state index contributed by atoms with van der Waals surface area (Å²) in [5, 5.41) is 5.00. The van der Waals surface area contributed by atoms with Crippen molar-refractivity contribution in [2.75, 3.05) is 6.61 Å². The summed E-state index contributed by atoms with van der Waals surface area (Å²) in [6.45, 7) is 4.19. The number of hydrogen-bond acceptors (Lipinski definition) is 3. The lowest BCUT2D eigenvalue weighted by Crippen LogP contribution is -2.18. The van der Waals surface area contributed by atoms with E-state index in [2.05, 4.69) is 25.9 Å². The highest BCUT2D eigenvalue weighted by atomic mass is 19.3. The number of nitrogens with zero attached hydrogens (tertiary/aromatic N) is 2. The standard InChI is InChI=1S/C23H26F2N2O2/c1-23(2,3)16-9-7-15(8-10-16)17-11-12-19-18(21(17)29-22(24)25)14-26-27(19)20-6-4-5-13-28-20/h7-12,14,20,22H,4-6,13H2,1-3H3. The first-order chi connectivity index (χ1) is 13.8. The molecule has 0 radical (unpaired) electrons. The lowest BCUT2D eigenvalue weighted by molar-refractivity contribution is -0.0484. The summed E-state index contributed by atoms with van der Waals surface area (Å²) in [4.78, 5) is 0. The molecule has 29 heavy (non-hydrogen) atoms. The average Bonchev–Trinajstić information content (AvgIpc) is 3.13. The Balaban J connectivity index is 1.79. The van der Waals surface area contributed by atoms with Gasteiger partial charge in [0.15, 0.2) is 6.23 Å². The molecule has 6 heteroatoms. The second-order valence-electron chi connectivity index (χ2n) is 8.49. The summed E-state index contributed by atoms with van der Waals surface area (Å²) in [6, 6.07) is 11.7. The molecule has 4 rings (SSSR count). The third-order valence-electron chi connectivity index (χ3n) is 5.43. The minimum Gasteiger partial charge on any atom is -0.433 e. The topological polar surface area (TPSA) is 36.3 Å². The fraction of sp³-hybridized carbons (Fsp3) is 0.435. The van der Waals surface area contributed by atoms with Crippen LogP contribution in [0, 0.1) is 0 Å². The third-order valence-corrected chi connectivity index (χ3v) is 5.43. The highest BCUT2D eigenvalue weighted by Crippen LogP contribution is 2.40. The molecule has 1 unspecified atom stereocenters. The van der Waals surface area contributed by atoms with Gasteiger partial charge in [-0.25, -0.2) is 4.68 Å². The molecular weight excluding hydrogens is 374 g/mol. The van der Waals surface area contributed by atoms with Gasteiger partial charge in [0, 0.05) is 12.2 Å². The number of benzene rings is 2. The molecule has 1 fully saturated rings. The van der Waals surface area contributed by atoms with Gasteiger partial charge in [0.05, 0.1) is 17.1 Å². The maximum Gasteiger partial charge on any atom is 0.387 e. The van der Waals surface area contributed by atoms with Crippen molar-refractivity contribution < 1.29 is 18.3 Å². The Morgan fingerprint density at radius 1 is 1.10 bits per heavy atom. The van der Waals surface area contributed by atoms with Gasteiger partial charge in [0.25, 0.3) is 0 Å². The lowest BCUT2D eigenvalue weighted by atomic mass is 9.86. The second kappa shape index (κ2) is 7.75. The van der Waals surface area contributed by atoms with Crippen LogP contribution in [0.3, 0.4) is 0 Å². The van der Waals surface area contributed by atoms with Crippen LogP contribution in [0.25, 0.3) is 22.0 Å². The highest BCUT2D eigenvalue weighted by molar-refractivity contribution is 5.93. The van der Waals surface area contributed by atoms with Crippen LogP contribution in [-0.4, -0.2) is 23.0 Å². The van der Waals surface area contributed by atoms with E-state index in [1.165, 1.54) is 5.56 Å². The number of rotatable bonds is 4. The summed E-state index contributed by atoms with van der Waals surface area (Å²) in [5.74, 6) is 0.156. The summed E-state index contributed by atoms with van der Waals surface area (Å²) in [7, 11) is 0. The van der Waals surface area contributed by atoms with Gasteiger partial charge in [0.2, 0.25) is 0 Å². The number of hydrogen-bond donors (Lipinski definition) is 0. The van der Waals surface area contributed by atoms with Crippen LogP contribution in [0.5, 0.6) is 5.75 Å². The van der Waals surface area contributed by atoms with Crippen molar-refractivity contribution >= 4 is 10.9 Å². The van der Waals surface area contributed by atoms with E-state index in [0.717, 1.165) is 30.3 Å². The molecule has 2 heterocycles. The number of aromatic nitrogens is 2. The Morgan fingerprint density at radius 2 is 1.86 bits per heavy atom. The van der Waals surface area contributed by atoms with Crippen molar-refractivity contribution in [2.45, 2.75) is 58.3 Å². The smallest absolute Gasteiger partial charge is 0.387 e. The van der Waals surface area contributed by atoms with Crippen LogP contribution >= 0.6 is 0 Å². The molecule has 3 aromatic rings. The number of alkyl halides is 2. The van der Waals surface area contributed by atoms with E-state index < -0.39 is 6.61 Å². The molecule has 1 aliphatic rings. The van der Waals surface area contributed by atoms with E-state index in [0.29, 0.717) is 17.6 Å². The highest BCUT2D eigenvalue weighted by Gasteiger charge is 2.23. The fourth-order valence-electron chi connectivity index (χ4n) is 3.84. The van der Waals surface area contributed by atoms with Crippen molar-refractivity contribution in [3.63, 3.8) is 0 Å². The minimum absolute atomic E-state index is 0.0198. The summed E-state index contributed by atoms with van der Waals surface area (Å²) >= 11 is 0. The SMILES string of the molecule is CC(C)(C)c1ccc(-c2ccc3c(cnn3C3CCCCO3)c2OC(F)F)cc1. The molecular formula is C23H26F2N2O2. The maximum absolute atomic E-state index is 13.3. The first kappa shape index (κ1) is 19.8. The van der Waals surface area contributed by atoms with Crippen LogP contribution in [-0.2, 0) is 10.2 Å². The van der Waals surface area contributed by atoms with Crippen LogP contribution in [0.15, 0.2) is 42.6 Å². The fourth-order valence-corrected chi connectivity index (χ4v) is 3.84. The van der Waals surface area contributed by atoms with E-state index in [1.54, 1.807) is 10.9 Å². The predicted octanol–water partition coefficient (Wildman–Crippen LogP) is 6.30. The van der Waals surface area contributed by atoms with Crippen molar-refractivity contribution in [2.24, 2.45) is 0 Å². The molecule has 1 aliphatic heterocycles. The molecule has 0 spiro atoms. The molecule has 154 valence electrons. The monoisotopic (exact) mass is 400 g/mol. The Morgan fingerprint density at radius 3 is 2.48 bits per heavy atom. The van der Waals surface area contributed by atoms with Gasteiger partial charge in [0.1, 0.15) is 5.75 Å². The van der Waals surface area contributed by atoms with E-state index in [-0.39, 0.29) is 17.4 Å². The summed E-state index contributed by atoms with van der Waals surface area (Å²) < 4.78 is 39.1. The molecule has 0 amide bonds. The van der Waals surface area contributed by atoms with Crippen LogP contribution in [0.1, 0.15) is 51.8 Å². The van der Waals surface area contributed by atoms with Gasteiger partial charge in [-0.15, -0.1) is 0 Å². The maximum atomic E-state index is 13.3. The van der Waals surface area contributed by atoms with Crippen LogP contribution in [0.2, 0.25) is 0 Å². The van der Waals surface area contributed by atoms with Gasteiger partial charge < -0.3 is 9.47 Å². The largest absolute Gasteiger partial charge is 0.433 e. The Hall–Kier alpha value is -2.47. The van der Waals surface area contributed by atoms with Crippen LogP contribution < -0.4 is 4.74 Å². The number of halogens is 2. The lowest BCUT2D eigenvalue weighted by Gasteiger charge is -2.23. The van der Waals surface area contributed by atoms with Crippen LogP contribution in [0.4, 0.5) is 8.78 Å². The first-order valence-electron chi connectivity index (χ1n) is 10.0. The molecule has 2 aromatic carbocycles. The van der Waals surface area contributed by atoms with E-state index in [4.69, 9.17) is 9.47 Å². The summed E-state index contributed by atoms with van der Waals surface area (Å²) in [5.41, 5.74) is 3.40. The average molecular weight is 400 g/mol. The van der Waals surface area contributed by atoms with E-state index in [9.17, 15) is 8.78 Å². The van der Waals surface area contributed by atoms with Gasteiger partial charge in [-0.3, -0.25) is 0 Å². The predicted molar refractivity (Wildman–Crippen MR) is 109 cm³/mol. The van der Waals surface area contributed by atoms with Gasteiger partial charge in [-0.2, -0.15) is 13.9 Å². The molecule has 0 aliphatic carbocycles. The Bertz CT molecular complexity index is 985. The molecule has 4 nitrogen and oxygen atoms in total. The van der Waals surface area contributed by atoms with Crippen molar-refractivity contribution in [1.29, 1.82) is 0 Å². The van der Waals surface area contributed by atoms with Gasteiger partial charge in [-0.05, 0) is 47.9 Å². The normalized spacial score (nSPS) is 17.8. The zero-order chi connectivity index (χ0) is 20.6. The Labute approximate surface area is 169 Å². The number of fused-ring (bicyclic) bond motifs is 1. The molecule has 1 atom stereocenters. The first-order valence-corrected chi connectivity index (χ1v) is 10.0. The van der Waals surface area contributed by atoms with Crippen molar-refractivity contribution in [3.05, 3.63) is 48.2 Å². The van der Waals surface area contributed by atoms with Crippen molar-refractivity contribution in [3.8, 4) is 16.9 Å². The zero-order valence-corrected chi connectivity index (χ0v) is 17.0. The minimum atomic E-state index is -2.91. The summed E-state index contributed by atoms with van der Waals surface area (Å²) in [6.07, 6.45) is 4.38.